The van der Waals surface area contributed by atoms with Crippen LogP contribution in [0.2, 0.25) is 0 Å². The highest BCUT2D eigenvalue weighted by Crippen LogP contribution is 2.40. The van der Waals surface area contributed by atoms with Gasteiger partial charge in [-0.3, -0.25) is 14.5 Å². The van der Waals surface area contributed by atoms with Crippen molar-refractivity contribution in [2.45, 2.75) is 31.7 Å². The zero-order chi connectivity index (χ0) is 14.3. The van der Waals surface area contributed by atoms with Gasteiger partial charge < -0.3 is 10.8 Å². The van der Waals surface area contributed by atoms with Gasteiger partial charge in [0.25, 0.3) is 0 Å². The number of thioether (sulfide) groups is 1. The maximum absolute atomic E-state index is 12.2. The van der Waals surface area contributed by atoms with Gasteiger partial charge in [-0.15, -0.1) is 11.8 Å². The van der Waals surface area contributed by atoms with Gasteiger partial charge in [-0.05, 0) is 6.42 Å². The Balaban J connectivity index is 2.41. The molecule has 19 heavy (non-hydrogen) atoms. The van der Waals surface area contributed by atoms with Crippen molar-refractivity contribution in [3.8, 4) is 0 Å². The molecule has 1 fully saturated rings. The van der Waals surface area contributed by atoms with Gasteiger partial charge in [0.1, 0.15) is 17.1 Å². The summed E-state index contributed by atoms with van der Waals surface area (Å²) in [5.41, 5.74) is 5.68. The van der Waals surface area contributed by atoms with Crippen molar-refractivity contribution < 1.29 is 19.5 Å². The number of ketones is 1. The van der Waals surface area contributed by atoms with Crippen LogP contribution in [0.3, 0.4) is 0 Å². The van der Waals surface area contributed by atoms with Gasteiger partial charge in [-0.1, -0.05) is 13.8 Å². The van der Waals surface area contributed by atoms with Crippen LogP contribution >= 0.6 is 11.8 Å². The van der Waals surface area contributed by atoms with Gasteiger partial charge in [-0.25, -0.2) is 4.79 Å². The molecule has 3 atom stereocenters. The molecule has 2 aliphatic heterocycles. The SMILES string of the molecule is CCC(C)C(=O)C1=C(C(=O)O)N2C(=O)C(N)[C@H]2SC1. The quantitative estimate of drug-likeness (QED) is 0.714. The van der Waals surface area contributed by atoms with Crippen molar-refractivity contribution in [2.24, 2.45) is 11.7 Å². The number of hydrogen-bond donors (Lipinski definition) is 2. The van der Waals surface area contributed by atoms with Gasteiger partial charge in [0.05, 0.1) is 0 Å². The van der Waals surface area contributed by atoms with Crippen LogP contribution in [-0.2, 0) is 14.4 Å². The van der Waals surface area contributed by atoms with E-state index >= 15 is 0 Å². The lowest BCUT2D eigenvalue weighted by Crippen LogP contribution is -2.68. The summed E-state index contributed by atoms with van der Waals surface area (Å²) in [6.45, 7) is 3.63. The standard InChI is InChI=1S/C12H16N2O4S/c1-3-5(2)9(15)6-4-19-11-7(13)10(16)14(11)8(6)12(17)18/h5,7,11H,3-4,13H2,1-2H3,(H,17,18)/t5?,7?,11-/m1/s1. The van der Waals surface area contributed by atoms with E-state index in [0.29, 0.717) is 12.2 Å². The van der Waals surface area contributed by atoms with E-state index in [9.17, 15) is 19.5 Å². The van der Waals surface area contributed by atoms with Crippen molar-refractivity contribution in [3.63, 3.8) is 0 Å². The maximum atomic E-state index is 12.2. The first-order chi connectivity index (χ1) is 8.90. The van der Waals surface area contributed by atoms with Crippen molar-refractivity contribution in [3.05, 3.63) is 11.3 Å². The number of fused-ring (bicyclic) bond motifs is 1. The molecular formula is C12H16N2O4S. The Bertz CT molecular complexity index is 488. The van der Waals surface area contributed by atoms with Crippen LogP contribution in [-0.4, -0.2) is 44.8 Å². The summed E-state index contributed by atoms with van der Waals surface area (Å²) in [6, 6.07) is -0.667. The van der Waals surface area contributed by atoms with Crippen LogP contribution in [0.25, 0.3) is 0 Å². The molecule has 2 heterocycles. The van der Waals surface area contributed by atoms with Crippen LogP contribution in [0.15, 0.2) is 11.3 Å². The molecule has 7 heteroatoms. The number of aliphatic carboxylic acids is 1. The molecule has 1 saturated heterocycles. The lowest BCUT2D eigenvalue weighted by atomic mass is 9.94. The minimum Gasteiger partial charge on any atom is -0.477 e. The van der Waals surface area contributed by atoms with E-state index < -0.39 is 17.9 Å². The molecule has 0 bridgehead atoms. The number of carboxylic acids is 1. The summed E-state index contributed by atoms with van der Waals surface area (Å²) in [7, 11) is 0. The van der Waals surface area contributed by atoms with Gasteiger partial charge in [0.2, 0.25) is 5.91 Å². The topological polar surface area (TPSA) is 101 Å². The number of rotatable bonds is 4. The van der Waals surface area contributed by atoms with E-state index in [2.05, 4.69) is 0 Å². The van der Waals surface area contributed by atoms with Crippen molar-refractivity contribution >= 4 is 29.4 Å². The molecule has 2 rings (SSSR count). The molecule has 0 spiro atoms. The van der Waals surface area contributed by atoms with Crippen LogP contribution in [0.5, 0.6) is 0 Å². The number of carbonyl (C=O) groups excluding carboxylic acids is 2. The van der Waals surface area contributed by atoms with E-state index in [1.807, 2.05) is 6.92 Å². The molecule has 104 valence electrons. The molecule has 0 aromatic rings. The first-order valence-electron chi connectivity index (χ1n) is 6.11. The van der Waals surface area contributed by atoms with E-state index in [1.165, 1.54) is 11.8 Å². The highest BCUT2D eigenvalue weighted by Gasteiger charge is 2.52. The molecule has 6 nitrogen and oxygen atoms in total. The summed E-state index contributed by atoms with van der Waals surface area (Å²) in [5.74, 6) is -1.81. The number of carboxylic acid groups (broad SMARTS) is 1. The second kappa shape index (κ2) is 4.97. The highest BCUT2D eigenvalue weighted by atomic mass is 32.2. The Hall–Kier alpha value is -1.34. The number of nitrogens with two attached hydrogens (primary N) is 1. The summed E-state index contributed by atoms with van der Waals surface area (Å²) < 4.78 is 0. The number of carbonyl (C=O) groups is 3. The number of amides is 1. The Morgan fingerprint density at radius 2 is 2.21 bits per heavy atom. The molecule has 1 amide bonds. The zero-order valence-corrected chi connectivity index (χ0v) is 11.6. The van der Waals surface area contributed by atoms with Gasteiger partial charge in [0, 0.05) is 17.2 Å². The Kier molecular flexibility index (Phi) is 3.69. The van der Waals surface area contributed by atoms with Crippen molar-refractivity contribution in [1.82, 2.24) is 4.90 Å². The number of Topliss-reactive ketones (excluding diaryl/α,β-unsaturated/α-hetero) is 1. The fourth-order valence-electron chi connectivity index (χ4n) is 2.19. The molecule has 0 saturated carbocycles. The fourth-order valence-corrected chi connectivity index (χ4v) is 3.49. The minimum absolute atomic E-state index is 0.180. The molecular weight excluding hydrogens is 268 g/mol. The molecule has 0 radical (unpaired) electrons. The predicted octanol–water partition coefficient (Wildman–Crippen LogP) is 0.183. The van der Waals surface area contributed by atoms with Gasteiger partial charge >= 0.3 is 5.97 Å². The first-order valence-corrected chi connectivity index (χ1v) is 7.15. The molecule has 2 unspecified atom stereocenters. The Morgan fingerprint density at radius 1 is 1.58 bits per heavy atom. The van der Waals surface area contributed by atoms with Crippen LogP contribution in [0, 0.1) is 5.92 Å². The van der Waals surface area contributed by atoms with E-state index in [1.54, 1.807) is 6.92 Å². The zero-order valence-electron chi connectivity index (χ0n) is 10.8. The Morgan fingerprint density at radius 3 is 2.74 bits per heavy atom. The number of β-lactam (4-membered cyclic amide) rings is 1. The third-order valence-corrected chi connectivity index (χ3v) is 4.87. The summed E-state index contributed by atoms with van der Waals surface area (Å²) in [4.78, 5) is 36.4. The van der Waals surface area contributed by atoms with Crippen LogP contribution in [0.1, 0.15) is 20.3 Å². The molecule has 2 aliphatic rings. The first kappa shape index (κ1) is 14.1. The normalized spacial score (nSPS) is 27.7. The second-order valence-electron chi connectivity index (χ2n) is 4.74. The molecule has 0 aliphatic carbocycles. The summed E-state index contributed by atoms with van der Waals surface area (Å²) >= 11 is 1.35. The average molecular weight is 284 g/mol. The average Bonchev–Trinajstić information content (AvgIpc) is 2.42. The second-order valence-corrected chi connectivity index (χ2v) is 5.85. The van der Waals surface area contributed by atoms with E-state index in [-0.39, 0.29) is 28.3 Å². The third kappa shape index (κ3) is 2.06. The molecule has 0 aromatic heterocycles. The van der Waals surface area contributed by atoms with E-state index in [0.717, 1.165) is 4.90 Å². The van der Waals surface area contributed by atoms with E-state index in [4.69, 9.17) is 5.73 Å². The predicted molar refractivity (Wildman–Crippen MR) is 70.2 cm³/mol. The molecule has 0 aromatic carbocycles. The Labute approximate surface area is 115 Å². The highest BCUT2D eigenvalue weighted by molar-refractivity contribution is 8.00. The lowest BCUT2D eigenvalue weighted by molar-refractivity contribution is -0.148. The van der Waals surface area contributed by atoms with Crippen molar-refractivity contribution in [1.29, 1.82) is 0 Å². The molecule has 3 N–H and O–H groups in total. The smallest absolute Gasteiger partial charge is 0.353 e. The van der Waals surface area contributed by atoms with Crippen LogP contribution < -0.4 is 5.73 Å². The minimum atomic E-state index is -1.24. The summed E-state index contributed by atoms with van der Waals surface area (Å²) in [6.07, 6.45) is 0.636. The largest absolute Gasteiger partial charge is 0.477 e. The summed E-state index contributed by atoms with van der Waals surface area (Å²) in [5, 5.41) is 8.93. The monoisotopic (exact) mass is 284 g/mol. The lowest BCUT2D eigenvalue weighted by Gasteiger charge is -2.47. The van der Waals surface area contributed by atoms with Crippen LogP contribution in [0.4, 0.5) is 0 Å². The fraction of sp³-hybridized carbons (Fsp3) is 0.583. The third-order valence-electron chi connectivity index (χ3n) is 3.57. The van der Waals surface area contributed by atoms with Gasteiger partial charge in [0.15, 0.2) is 5.78 Å². The number of hydrogen-bond acceptors (Lipinski definition) is 5. The number of nitrogens with zero attached hydrogens (tertiary/aromatic N) is 1. The van der Waals surface area contributed by atoms with Crippen molar-refractivity contribution in [2.75, 3.05) is 5.75 Å². The van der Waals surface area contributed by atoms with Gasteiger partial charge in [-0.2, -0.15) is 0 Å². The maximum Gasteiger partial charge on any atom is 0.353 e.